The zero-order chi connectivity index (χ0) is 19.0. The van der Waals surface area contributed by atoms with Gasteiger partial charge in [0.1, 0.15) is 5.75 Å². The maximum Gasteiger partial charge on any atom is 0.255 e. The predicted octanol–water partition coefficient (Wildman–Crippen LogP) is 3.69. The Balaban J connectivity index is 0.00000150. The Hall–Kier alpha value is -1.24. The highest BCUT2D eigenvalue weighted by molar-refractivity contribution is 6.30. The summed E-state index contributed by atoms with van der Waals surface area (Å²) in [7, 11) is 3.68. The molecule has 2 bridgehead atoms. The van der Waals surface area contributed by atoms with Crippen molar-refractivity contribution < 1.29 is 4.74 Å². The van der Waals surface area contributed by atoms with Crippen LogP contribution in [0, 0.1) is 5.92 Å². The smallest absolute Gasteiger partial charge is 0.255 e. The highest BCUT2D eigenvalue weighted by Crippen LogP contribution is 2.32. The maximum absolute atomic E-state index is 13.1. The van der Waals surface area contributed by atoms with Crippen LogP contribution in [0.4, 0.5) is 0 Å². The van der Waals surface area contributed by atoms with Gasteiger partial charge >= 0.3 is 0 Å². The van der Waals surface area contributed by atoms with Crippen molar-refractivity contribution in [3.05, 3.63) is 62.5 Å². The molecule has 1 aromatic carbocycles. The summed E-state index contributed by atoms with van der Waals surface area (Å²) in [5.74, 6) is 1.85. The summed E-state index contributed by atoms with van der Waals surface area (Å²) in [5, 5.41) is 4.18. The number of benzene rings is 1. The molecule has 1 N–H and O–H groups in total. The first-order valence-corrected chi connectivity index (χ1v) is 9.87. The van der Waals surface area contributed by atoms with E-state index >= 15 is 0 Å². The van der Waals surface area contributed by atoms with E-state index in [1.165, 1.54) is 12.1 Å². The fraction of sp³-hybridized carbons (Fsp3) is 0.476. The van der Waals surface area contributed by atoms with E-state index in [9.17, 15) is 4.79 Å². The van der Waals surface area contributed by atoms with Gasteiger partial charge in [-0.3, -0.25) is 9.69 Å². The molecule has 1 saturated heterocycles. The molecule has 0 aliphatic carbocycles. The largest absolute Gasteiger partial charge is 0.496 e. The fourth-order valence-electron chi connectivity index (χ4n) is 4.46. The molecule has 3 heterocycles. The van der Waals surface area contributed by atoms with Crippen LogP contribution < -0.4 is 15.6 Å². The molecular weight excluding hydrogens is 433 g/mol. The molecule has 2 aliphatic rings. The number of hydrogen-bond acceptors (Lipinski definition) is 4. The summed E-state index contributed by atoms with van der Waals surface area (Å²) >= 11 is 6.14. The van der Waals surface area contributed by atoms with Gasteiger partial charge in [0.05, 0.1) is 7.11 Å². The van der Waals surface area contributed by atoms with E-state index in [1.807, 2.05) is 35.9 Å². The first kappa shape index (κ1) is 24.0. The first-order chi connectivity index (χ1) is 13.0. The number of methoxy groups -OCH3 is 1. The molecule has 0 amide bonds. The van der Waals surface area contributed by atoms with E-state index in [0.29, 0.717) is 29.9 Å². The van der Waals surface area contributed by atoms with Crippen LogP contribution in [0.25, 0.3) is 0 Å². The van der Waals surface area contributed by atoms with E-state index < -0.39 is 0 Å². The van der Waals surface area contributed by atoms with Gasteiger partial charge in [-0.25, -0.2) is 0 Å². The van der Waals surface area contributed by atoms with Gasteiger partial charge in [-0.15, -0.1) is 24.8 Å². The highest BCUT2D eigenvalue weighted by atomic mass is 35.5. The number of halogens is 3. The van der Waals surface area contributed by atoms with Crippen LogP contribution in [0.15, 0.2) is 35.1 Å². The summed E-state index contributed by atoms with van der Waals surface area (Å²) in [6.45, 7) is 4.09. The van der Waals surface area contributed by atoms with Crippen LogP contribution in [0.3, 0.4) is 0 Å². The zero-order valence-electron chi connectivity index (χ0n) is 16.7. The second kappa shape index (κ2) is 10.2. The summed E-state index contributed by atoms with van der Waals surface area (Å²) in [6, 6.07) is 9.79. The molecule has 0 spiro atoms. The first-order valence-electron chi connectivity index (χ1n) is 9.49. The fourth-order valence-corrected chi connectivity index (χ4v) is 4.66. The average molecular weight is 461 g/mol. The van der Waals surface area contributed by atoms with Crippen molar-refractivity contribution in [1.29, 1.82) is 0 Å². The van der Waals surface area contributed by atoms with Crippen molar-refractivity contribution in [1.82, 2.24) is 14.8 Å². The number of piperidine rings is 1. The molecular formula is C21H28Cl3N3O2. The Labute approximate surface area is 189 Å². The topological polar surface area (TPSA) is 46.5 Å². The third kappa shape index (κ3) is 5.09. The van der Waals surface area contributed by atoms with E-state index in [0.717, 1.165) is 36.5 Å². The summed E-state index contributed by atoms with van der Waals surface area (Å²) in [5.41, 5.74) is 3.21. The van der Waals surface area contributed by atoms with Gasteiger partial charge in [-0.2, -0.15) is 0 Å². The lowest BCUT2D eigenvalue weighted by Gasteiger charge is -2.37. The Morgan fingerprint density at radius 3 is 2.69 bits per heavy atom. The molecule has 5 nitrogen and oxygen atoms in total. The van der Waals surface area contributed by atoms with Crippen molar-refractivity contribution in [3.63, 3.8) is 0 Å². The molecule has 1 fully saturated rings. The van der Waals surface area contributed by atoms with E-state index in [-0.39, 0.29) is 30.4 Å². The number of pyridine rings is 1. The highest BCUT2D eigenvalue weighted by Gasteiger charge is 2.31. The predicted molar refractivity (Wildman–Crippen MR) is 122 cm³/mol. The molecule has 160 valence electrons. The minimum absolute atomic E-state index is 0. The SMILES string of the molecule is COc1ccc(Cl)cc1CN(C)Cc1ccc2n(c1=O)C[C@@H]1CNC[C@H]2C1.Cl.Cl. The van der Waals surface area contributed by atoms with Crippen LogP contribution >= 0.6 is 36.4 Å². The summed E-state index contributed by atoms with van der Waals surface area (Å²) < 4.78 is 7.45. The normalized spacial score (nSPS) is 19.7. The molecule has 2 atom stereocenters. The van der Waals surface area contributed by atoms with Crippen molar-refractivity contribution in [2.45, 2.75) is 32.0 Å². The van der Waals surface area contributed by atoms with Crippen LogP contribution in [-0.2, 0) is 19.6 Å². The number of nitrogens with one attached hydrogen (secondary N) is 1. The molecule has 0 radical (unpaired) electrons. The Kier molecular flexibility index (Phi) is 8.44. The Morgan fingerprint density at radius 1 is 1.17 bits per heavy atom. The van der Waals surface area contributed by atoms with Crippen LogP contribution in [-0.4, -0.2) is 36.7 Å². The Bertz CT molecular complexity index is 903. The maximum atomic E-state index is 13.1. The molecule has 29 heavy (non-hydrogen) atoms. The quantitative estimate of drug-likeness (QED) is 0.739. The third-order valence-corrected chi connectivity index (χ3v) is 5.95. The Morgan fingerprint density at radius 2 is 1.93 bits per heavy atom. The number of fused-ring (bicyclic) bond motifs is 4. The number of hydrogen-bond donors (Lipinski definition) is 1. The second-order valence-corrected chi connectivity index (χ2v) is 8.22. The minimum atomic E-state index is 0. The van der Waals surface area contributed by atoms with E-state index in [2.05, 4.69) is 16.3 Å². The lowest BCUT2D eigenvalue weighted by molar-refractivity contribution is 0.254. The van der Waals surface area contributed by atoms with Gasteiger partial charge in [0.25, 0.3) is 5.56 Å². The number of aromatic nitrogens is 1. The monoisotopic (exact) mass is 459 g/mol. The number of ether oxygens (including phenoxy) is 1. The third-order valence-electron chi connectivity index (χ3n) is 5.71. The zero-order valence-corrected chi connectivity index (χ0v) is 19.1. The van der Waals surface area contributed by atoms with Crippen molar-refractivity contribution >= 4 is 36.4 Å². The molecule has 1 aromatic heterocycles. The summed E-state index contributed by atoms with van der Waals surface area (Å²) in [6.07, 6.45) is 1.19. The van der Waals surface area contributed by atoms with Crippen molar-refractivity contribution in [2.75, 3.05) is 27.2 Å². The van der Waals surface area contributed by atoms with Gasteiger partial charge < -0.3 is 14.6 Å². The van der Waals surface area contributed by atoms with Crippen LogP contribution in [0.2, 0.25) is 5.02 Å². The van der Waals surface area contributed by atoms with E-state index in [4.69, 9.17) is 16.3 Å². The lowest BCUT2D eigenvalue weighted by Crippen LogP contribution is -2.45. The van der Waals surface area contributed by atoms with Gasteiger partial charge in [-0.1, -0.05) is 17.7 Å². The molecule has 4 rings (SSSR count). The minimum Gasteiger partial charge on any atom is -0.496 e. The van der Waals surface area contributed by atoms with Gasteiger partial charge in [-0.05, 0) is 50.2 Å². The molecule has 2 aliphatic heterocycles. The summed E-state index contributed by atoms with van der Waals surface area (Å²) in [4.78, 5) is 15.2. The van der Waals surface area contributed by atoms with Gasteiger partial charge in [0, 0.05) is 53.9 Å². The standard InChI is InChI=1S/C21H26ClN3O2.2ClH/c1-24(13-17-8-18(22)4-6-20(17)27-2)12-15-3-5-19-16-7-14(9-23-10-16)11-25(19)21(15)26;;/h3-6,8,14,16,23H,7,9-13H2,1-2H3;2*1H/t14-,16+;;/m0../s1. The molecule has 8 heteroatoms. The average Bonchev–Trinajstić information content (AvgIpc) is 2.65. The van der Waals surface area contributed by atoms with Gasteiger partial charge in [0.15, 0.2) is 0 Å². The second-order valence-electron chi connectivity index (χ2n) is 7.78. The lowest BCUT2D eigenvalue weighted by atomic mass is 9.84. The van der Waals surface area contributed by atoms with Crippen LogP contribution in [0.5, 0.6) is 5.75 Å². The molecule has 0 unspecified atom stereocenters. The molecule has 0 saturated carbocycles. The van der Waals surface area contributed by atoms with Crippen LogP contribution in [0.1, 0.15) is 29.2 Å². The number of rotatable bonds is 5. The van der Waals surface area contributed by atoms with Crippen molar-refractivity contribution in [3.8, 4) is 5.75 Å². The number of nitrogens with zero attached hydrogens (tertiary/aromatic N) is 2. The van der Waals surface area contributed by atoms with Gasteiger partial charge in [0.2, 0.25) is 0 Å². The van der Waals surface area contributed by atoms with Crippen molar-refractivity contribution in [2.24, 2.45) is 5.92 Å². The van der Waals surface area contributed by atoms with E-state index in [1.54, 1.807) is 7.11 Å². The molecule has 2 aromatic rings.